The van der Waals surface area contributed by atoms with E-state index in [0.717, 1.165) is 0 Å². The molecule has 7 heteroatoms. The first-order valence-corrected chi connectivity index (χ1v) is 4.49. The standard InChI is InChI=1S/C7H7Cl3O4/c1-4(2-5(11)12)6(13)14-3-7(8,9)10/h1-3H2,(H,11,12). The summed E-state index contributed by atoms with van der Waals surface area (Å²) in [7, 11) is 0. The third-order valence-corrected chi connectivity index (χ3v) is 1.35. The Kier molecular flexibility index (Phi) is 5.26. The SMILES string of the molecule is C=C(CC(=O)O)C(=O)OCC(Cl)(Cl)Cl. The Morgan fingerprint density at radius 2 is 1.86 bits per heavy atom. The number of rotatable bonds is 4. The first-order chi connectivity index (χ1) is 6.22. The second-order valence-corrected chi connectivity index (χ2v) is 4.88. The second-order valence-electron chi connectivity index (χ2n) is 2.37. The molecule has 80 valence electrons. The highest BCUT2D eigenvalue weighted by atomic mass is 35.6. The van der Waals surface area contributed by atoms with Gasteiger partial charge >= 0.3 is 11.9 Å². The van der Waals surface area contributed by atoms with E-state index in [9.17, 15) is 9.59 Å². The number of alkyl halides is 3. The molecule has 0 aliphatic rings. The fourth-order valence-corrected chi connectivity index (χ4v) is 0.668. The third-order valence-electron chi connectivity index (χ3n) is 1.02. The summed E-state index contributed by atoms with van der Waals surface area (Å²) in [5.74, 6) is -2.07. The van der Waals surface area contributed by atoms with Gasteiger partial charge in [-0.3, -0.25) is 4.79 Å². The Labute approximate surface area is 95.4 Å². The van der Waals surface area contributed by atoms with E-state index in [1.165, 1.54) is 0 Å². The van der Waals surface area contributed by atoms with Crippen LogP contribution in [0.1, 0.15) is 6.42 Å². The summed E-state index contributed by atoms with van der Waals surface area (Å²) in [5.41, 5.74) is -0.202. The van der Waals surface area contributed by atoms with Crippen molar-refractivity contribution in [3.63, 3.8) is 0 Å². The number of carbonyl (C=O) groups excluding carboxylic acids is 1. The minimum absolute atomic E-state index is 0.202. The number of hydrogen-bond acceptors (Lipinski definition) is 3. The van der Waals surface area contributed by atoms with Crippen molar-refractivity contribution < 1.29 is 19.4 Å². The Balaban J connectivity index is 3.98. The number of ether oxygens (including phenoxy) is 1. The van der Waals surface area contributed by atoms with Crippen molar-refractivity contribution in [2.45, 2.75) is 10.2 Å². The van der Waals surface area contributed by atoms with Gasteiger partial charge in [-0.1, -0.05) is 41.4 Å². The molecule has 0 aliphatic heterocycles. The molecule has 0 heterocycles. The summed E-state index contributed by atoms with van der Waals surface area (Å²) < 4.78 is 2.76. The molecular formula is C7H7Cl3O4. The molecule has 0 aliphatic carbocycles. The highest BCUT2D eigenvalue weighted by Gasteiger charge is 2.23. The predicted octanol–water partition coefficient (Wildman–Crippen LogP) is 1.93. The molecule has 0 radical (unpaired) electrons. The summed E-state index contributed by atoms with van der Waals surface area (Å²) in [4.78, 5) is 21.1. The molecular weight excluding hydrogens is 254 g/mol. The largest absolute Gasteiger partial charge is 0.481 e. The number of aliphatic carboxylic acids is 1. The molecule has 0 aromatic rings. The van der Waals surface area contributed by atoms with Crippen molar-refractivity contribution in [1.29, 1.82) is 0 Å². The van der Waals surface area contributed by atoms with Gasteiger partial charge in [-0.2, -0.15) is 0 Å². The number of esters is 1. The molecule has 0 unspecified atom stereocenters. The van der Waals surface area contributed by atoms with E-state index in [-0.39, 0.29) is 5.57 Å². The van der Waals surface area contributed by atoms with E-state index < -0.39 is 28.8 Å². The van der Waals surface area contributed by atoms with Crippen LogP contribution in [0, 0.1) is 0 Å². The maximum atomic E-state index is 11.0. The van der Waals surface area contributed by atoms with Crippen LogP contribution in [-0.4, -0.2) is 27.4 Å². The molecule has 0 aromatic heterocycles. The molecule has 0 bridgehead atoms. The zero-order valence-corrected chi connectivity index (χ0v) is 9.19. The maximum Gasteiger partial charge on any atom is 0.334 e. The van der Waals surface area contributed by atoms with Crippen molar-refractivity contribution in [1.82, 2.24) is 0 Å². The summed E-state index contributed by atoms with van der Waals surface area (Å²) in [6.45, 7) is 2.76. The van der Waals surface area contributed by atoms with Crippen LogP contribution in [0.25, 0.3) is 0 Å². The molecule has 14 heavy (non-hydrogen) atoms. The van der Waals surface area contributed by atoms with Gasteiger partial charge in [-0.05, 0) is 0 Å². The highest BCUT2D eigenvalue weighted by molar-refractivity contribution is 6.67. The third kappa shape index (κ3) is 7.00. The van der Waals surface area contributed by atoms with Gasteiger partial charge in [0.05, 0.1) is 6.42 Å². The number of carboxylic acids is 1. The average molecular weight is 261 g/mol. The topological polar surface area (TPSA) is 63.6 Å². The van der Waals surface area contributed by atoms with E-state index in [2.05, 4.69) is 11.3 Å². The summed E-state index contributed by atoms with van der Waals surface area (Å²) >= 11 is 15.9. The molecule has 0 atom stereocenters. The Morgan fingerprint density at radius 1 is 1.36 bits per heavy atom. The van der Waals surface area contributed by atoms with Crippen molar-refractivity contribution in [3.05, 3.63) is 12.2 Å². The molecule has 4 nitrogen and oxygen atoms in total. The fourth-order valence-electron chi connectivity index (χ4n) is 0.504. The quantitative estimate of drug-likeness (QED) is 0.477. The number of carboxylic acid groups (broad SMARTS) is 1. The van der Waals surface area contributed by atoms with Crippen LogP contribution < -0.4 is 0 Å². The van der Waals surface area contributed by atoms with Gasteiger partial charge in [0.15, 0.2) is 0 Å². The zero-order chi connectivity index (χ0) is 11.4. The molecule has 0 spiro atoms. The predicted molar refractivity (Wildman–Crippen MR) is 52.6 cm³/mol. The van der Waals surface area contributed by atoms with Crippen LogP contribution in [-0.2, 0) is 14.3 Å². The van der Waals surface area contributed by atoms with Crippen molar-refractivity contribution in [2.24, 2.45) is 0 Å². The lowest BCUT2D eigenvalue weighted by Crippen LogP contribution is -2.19. The second kappa shape index (κ2) is 5.44. The Hall–Kier alpha value is -0.450. The lowest BCUT2D eigenvalue weighted by molar-refractivity contribution is -0.142. The van der Waals surface area contributed by atoms with Crippen LogP contribution in [0.2, 0.25) is 0 Å². The Bertz CT molecular complexity index is 256. The number of carbonyl (C=O) groups is 2. The van der Waals surface area contributed by atoms with Crippen LogP contribution >= 0.6 is 34.8 Å². The van der Waals surface area contributed by atoms with E-state index in [0.29, 0.717) is 0 Å². The summed E-state index contributed by atoms with van der Waals surface area (Å²) in [6.07, 6.45) is -0.501. The van der Waals surface area contributed by atoms with Gasteiger partial charge in [0.2, 0.25) is 3.79 Å². The maximum absolute atomic E-state index is 11.0. The molecule has 1 N–H and O–H groups in total. The smallest absolute Gasteiger partial charge is 0.334 e. The van der Waals surface area contributed by atoms with Crippen LogP contribution in [0.3, 0.4) is 0 Å². The summed E-state index contributed by atoms with van der Waals surface area (Å²) in [5, 5.41) is 8.31. The highest BCUT2D eigenvalue weighted by Crippen LogP contribution is 2.26. The van der Waals surface area contributed by atoms with Gasteiger partial charge < -0.3 is 9.84 Å². The van der Waals surface area contributed by atoms with E-state index >= 15 is 0 Å². The average Bonchev–Trinajstić information content (AvgIpc) is 1.97. The van der Waals surface area contributed by atoms with E-state index in [1.54, 1.807) is 0 Å². The molecule has 0 saturated heterocycles. The van der Waals surface area contributed by atoms with Gasteiger partial charge in [-0.25, -0.2) is 4.79 Å². The van der Waals surface area contributed by atoms with Gasteiger partial charge in [0.25, 0.3) is 0 Å². The van der Waals surface area contributed by atoms with E-state index in [4.69, 9.17) is 39.9 Å². The van der Waals surface area contributed by atoms with Crippen LogP contribution in [0.5, 0.6) is 0 Å². The lowest BCUT2D eigenvalue weighted by atomic mass is 10.2. The van der Waals surface area contributed by atoms with Gasteiger partial charge in [0.1, 0.15) is 6.61 Å². The Morgan fingerprint density at radius 3 is 2.21 bits per heavy atom. The minimum atomic E-state index is -1.71. The summed E-state index contributed by atoms with van der Waals surface area (Å²) in [6, 6.07) is 0. The molecule has 0 saturated carbocycles. The van der Waals surface area contributed by atoms with Gasteiger partial charge in [0, 0.05) is 5.57 Å². The minimum Gasteiger partial charge on any atom is -0.481 e. The lowest BCUT2D eigenvalue weighted by Gasteiger charge is -2.11. The molecule has 0 aromatic carbocycles. The number of hydrogen-bond donors (Lipinski definition) is 1. The monoisotopic (exact) mass is 260 g/mol. The molecule has 0 rings (SSSR count). The first kappa shape index (κ1) is 13.5. The number of halogens is 3. The fraction of sp³-hybridized carbons (Fsp3) is 0.429. The van der Waals surface area contributed by atoms with Crippen LogP contribution in [0.15, 0.2) is 12.2 Å². The van der Waals surface area contributed by atoms with E-state index in [1.807, 2.05) is 0 Å². The van der Waals surface area contributed by atoms with Crippen LogP contribution in [0.4, 0.5) is 0 Å². The molecule has 0 amide bonds. The first-order valence-electron chi connectivity index (χ1n) is 3.36. The zero-order valence-electron chi connectivity index (χ0n) is 6.93. The van der Waals surface area contributed by atoms with Crippen molar-refractivity contribution in [2.75, 3.05) is 6.61 Å². The molecule has 0 fully saturated rings. The van der Waals surface area contributed by atoms with Crippen molar-refractivity contribution in [3.8, 4) is 0 Å². The normalized spacial score (nSPS) is 10.8. The van der Waals surface area contributed by atoms with Crippen molar-refractivity contribution >= 4 is 46.7 Å². The van der Waals surface area contributed by atoms with Gasteiger partial charge in [-0.15, -0.1) is 0 Å².